The molecule has 1 aliphatic heterocycles. The molecule has 0 unspecified atom stereocenters. The van der Waals surface area contributed by atoms with E-state index in [4.69, 9.17) is 10.9 Å². The third-order valence-corrected chi connectivity index (χ3v) is 6.16. The number of nitrogens with two attached hydrogens (primary N) is 2. The summed E-state index contributed by atoms with van der Waals surface area (Å²) >= 11 is 0. The molecule has 0 saturated carbocycles. The topological polar surface area (TPSA) is 136 Å². The minimum Gasteiger partial charge on any atom is -0.368 e. The zero-order valence-electron chi connectivity index (χ0n) is 16.3. The van der Waals surface area contributed by atoms with Gasteiger partial charge in [0, 0.05) is 12.2 Å². The highest BCUT2D eigenvalue weighted by atomic mass is 32.2. The van der Waals surface area contributed by atoms with E-state index in [1.807, 2.05) is 24.3 Å². The van der Waals surface area contributed by atoms with Crippen molar-refractivity contribution in [2.24, 2.45) is 10.9 Å². The summed E-state index contributed by atoms with van der Waals surface area (Å²) < 4.78 is 23.4. The van der Waals surface area contributed by atoms with E-state index in [1.54, 1.807) is 18.7 Å². The number of benzene rings is 2. The van der Waals surface area contributed by atoms with Crippen LogP contribution in [0.5, 0.6) is 0 Å². The van der Waals surface area contributed by atoms with E-state index in [9.17, 15) is 18.0 Å². The normalized spacial score (nSPS) is 16.9. The van der Waals surface area contributed by atoms with Gasteiger partial charge in [-0.25, -0.2) is 13.6 Å². The van der Waals surface area contributed by atoms with E-state index in [0.29, 0.717) is 24.2 Å². The fourth-order valence-electron chi connectivity index (χ4n) is 3.52. The number of fused-ring (bicyclic) bond motifs is 1. The Morgan fingerprint density at radius 3 is 2.45 bits per heavy atom. The van der Waals surface area contributed by atoms with Crippen LogP contribution in [0.3, 0.4) is 0 Å². The summed E-state index contributed by atoms with van der Waals surface area (Å²) in [6.45, 7) is 3.89. The van der Waals surface area contributed by atoms with Crippen molar-refractivity contribution in [3.63, 3.8) is 0 Å². The highest BCUT2D eigenvalue weighted by molar-refractivity contribution is 7.89. The lowest BCUT2D eigenvalue weighted by atomic mass is 9.93. The maximum atomic E-state index is 12.7. The van der Waals surface area contributed by atoms with Crippen molar-refractivity contribution in [3.05, 3.63) is 58.7 Å². The molecule has 29 heavy (non-hydrogen) atoms. The highest BCUT2D eigenvalue weighted by Gasteiger charge is 2.31. The Bertz CT molecular complexity index is 1080. The molecule has 8 nitrogen and oxygen atoms in total. The van der Waals surface area contributed by atoms with E-state index in [2.05, 4.69) is 5.32 Å². The molecule has 0 aliphatic carbocycles. The van der Waals surface area contributed by atoms with E-state index in [1.165, 1.54) is 12.1 Å². The molecule has 0 saturated heterocycles. The van der Waals surface area contributed by atoms with Gasteiger partial charge in [0.15, 0.2) is 0 Å². The number of anilines is 1. The van der Waals surface area contributed by atoms with Crippen molar-refractivity contribution >= 4 is 27.5 Å². The van der Waals surface area contributed by atoms with Gasteiger partial charge >= 0.3 is 0 Å². The predicted molar refractivity (Wildman–Crippen MR) is 109 cm³/mol. The Balaban J connectivity index is 1.82. The molecule has 2 amide bonds. The standard InChI is InChI=1S/C20H24N4O4S/c1-12-7-16(29(22,27)28)9-17(13(12)2)23-19(25)11-24-10-15-6-4-3-5-14(15)8-18(24)20(21)26/h3-7,9,18H,8,10-11H2,1-2H3,(H2,21,26)(H,23,25)(H2,22,27,28)/t18-/m1/s1. The van der Waals surface area contributed by atoms with E-state index in [0.717, 1.165) is 16.7 Å². The molecule has 0 spiro atoms. The van der Waals surface area contributed by atoms with Gasteiger partial charge in [0.05, 0.1) is 17.5 Å². The largest absolute Gasteiger partial charge is 0.368 e. The third kappa shape index (κ3) is 4.64. The molecule has 1 atom stereocenters. The van der Waals surface area contributed by atoms with Crippen LogP contribution < -0.4 is 16.2 Å². The van der Waals surface area contributed by atoms with Crippen LogP contribution >= 0.6 is 0 Å². The lowest BCUT2D eigenvalue weighted by molar-refractivity contribution is -0.125. The summed E-state index contributed by atoms with van der Waals surface area (Å²) in [5.41, 5.74) is 9.44. The van der Waals surface area contributed by atoms with Crippen LogP contribution in [-0.2, 0) is 32.6 Å². The van der Waals surface area contributed by atoms with Crippen LogP contribution in [0.2, 0.25) is 0 Å². The molecule has 2 aromatic carbocycles. The van der Waals surface area contributed by atoms with Gasteiger partial charge in [-0.05, 0) is 54.7 Å². The molecule has 5 N–H and O–H groups in total. The van der Waals surface area contributed by atoms with Crippen molar-refractivity contribution in [2.75, 3.05) is 11.9 Å². The number of carbonyl (C=O) groups is 2. The summed E-state index contributed by atoms with van der Waals surface area (Å²) in [5, 5.41) is 7.96. The number of hydrogen-bond donors (Lipinski definition) is 3. The Kier molecular flexibility index (Phi) is 5.74. The smallest absolute Gasteiger partial charge is 0.238 e. The van der Waals surface area contributed by atoms with E-state index in [-0.39, 0.29) is 17.3 Å². The van der Waals surface area contributed by atoms with Crippen LogP contribution in [0.4, 0.5) is 5.69 Å². The van der Waals surface area contributed by atoms with Gasteiger partial charge in [0.1, 0.15) is 0 Å². The Morgan fingerprint density at radius 2 is 1.83 bits per heavy atom. The number of sulfonamides is 1. The van der Waals surface area contributed by atoms with Crippen LogP contribution in [-0.4, -0.2) is 37.7 Å². The number of hydrogen-bond acceptors (Lipinski definition) is 5. The quantitative estimate of drug-likeness (QED) is 0.662. The fourth-order valence-corrected chi connectivity index (χ4v) is 4.14. The van der Waals surface area contributed by atoms with E-state index >= 15 is 0 Å². The monoisotopic (exact) mass is 416 g/mol. The first-order valence-electron chi connectivity index (χ1n) is 9.10. The first-order valence-corrected chi connectivity index (χ1v) is 10.6. The van der Waals surface area contributed by atoms with Crippen molar-refractivity contribution in [2.45, 2.75) is 37.8 Å². The van der Waals surface area contributed by atoms with Crippen molar-refractivity contribution < 1.29 is 18.0 Å². The molecule has 0 bridgehead atoms. The average molecular weight is 417 g/mol. The molecule has 2 aromatic rings. The van der Waals surface area contributed by atoms with Crippen LogP contribution in [0, 0.1) is 13.8 Å². The summed E-state index contributed by atoms with van der Waals surface area (Å²) in [6, 6.07) is 9.94. The summed E-state index contributed by atoms with van der Waals surface area (Å²) in [4.78, 5) is 26.3. The average Bonchev–Trinajstić information content (AvgIpc) is 2.63. The van der Waals surface area contributed by atoms with E-state index < -0.39 is 22.0 Å². The number of rotatable bonds is 5. The molecular weight excluding hydrogens is 392 g/mol. The fraction of sp³-hybridized carbons (Fsp3) is 0.300. The maximum absolute atomic E-state index is 12.7. The number of primary amides is 1. The summed E-state index contributed by atoms with van der Waals surface area (Å²) in [5.74, 6) is -0.861. The lowest BCUT2D eigenvalue weighted by Gasteiger charge is -2.34. The molecule has 154 valence electrons. The summed E-state index contributed by atoms with van der Waals surface area (Å²) in [7, 11) is -3.90. The van der Waals surface area contributed by atoms with Gasteiger partial charge in [-0.15, -0.1) is 0 Å². The zero-order valence-corrected chi connectivity index (χ0v) is 17.1. The third-order valence-electron chi connectivity index (χ3n) is 5.26. The predicted octanol–water partition coefficient (Wildman–Crippen LogP) is 0.802. The molecular formula is C20H24N4O4S. The van der Waals surface area contributed by atoms with Gasteiger partial charge < -0.3 is 11.1 Å². The number of nitrogens with zero attached hydrogens (tertiary/aromatic N) is 1. The van der Waals surface area contributed by atoms with Crippen molar-refractivity contribution in [1.82, 2.24) is 4.90 Å². The first-order chi connectivity index (χ1) is 13.6. The molecule has 1 heterocycles. The SMILES string of the molecule is Cc1cc(S(N)(=O)=O)cc(NC(=O)CN2Cc3ccccc3C[C@@H]2C(N)=O)c1C. The summed E-state index contributed by atoms with van der Waals surface area (Å²) in [6.07, 6.45) is 0.442. The highest BCUT2D eigenvalue weighted by Crippen LogP contribution is 2.25. The molecule has 0 radical (unpaired) electrons. The molecule has 9 heteroatoms. The Morgan fingerprint density at radius 1 is 1.17 bits per heavy atom. The first kappa shape index (κ1) is 21.0. The number of nitrogens with one attached hydrogen (secondary N) is 1. The second-order valence-electron chi connectivity index (χ2n) is 7.30. The molecule has 3 rings (SSSR count). The number of carbonyl (C=O) groups excluding carboxylic acids is 2. The van der Waals surface area contributed by atoms with Gasteiger partial charge in [0.2, 0.25) is 21.8 Å². The number of primary sulfonamides is 1. The van der Waals surface area contributed by atoms with Gasteiger partial charge in [-0.1, -0.05) is 24.3 Å². The second kappa shape index (κ2) is 7.94. The maximum Gasteiger partial charge on any atom is 0.238 e. The minimum absolute atomic E-state index is 0.0555. The zero-order chi connectivity index (χ0) is 21.3. The Labute approximate surface area is 169 Å². The number of aryl methyl sites for hydroxylation is 1. The van der Waals surface area contributed by atoms with Gasteiger partial charge in [-0.2, -0.15) is 0 Å². The van der Waals surface area contributed by atoms with Crippen molar-refractivity contribution in [1.29, 1.82) is 0 Å². The molecule has 0 aromatic heterocycles. The molecule has 0 fully saturated rings. The van der Waals surface area contributed by atoms with Crippen LogP contribution in [0.1, 0.15) is 22.3 Å². The number of amides is 2. The molecule has 1 aliphatic rings. The van der Waals surface area contributed by atoms with Crippen LogP contribution in [0.15, 0.2) is 41.3 Å². The second-order valence-corrected chi connectivity index (χ2v) is 8.86. The Hall–Kier alpha value is -2.75. The lowest BCUT2D eigenvalue weighted by Crippen LogP contribution is -2.50. The minimum atomic E-state index is -3.90. The van der Waals surface area contributed by atoms with Gasteiger partial charge in [0.25, 0.3) is 0 Å². The van der Waals surface area contributed by atoms with Crippen LogP contribution in [0.25, 0.3) is 0 Å². The van der Waals surface area contributed by atoms with Crippen molar-refractivity contribution in [3.8, 4) is 0 Å². The van der Waals surface area contributed by atoms with Gasteiger partial charge in [-0.3, -0.25) is 14.5 Å².